The lowest BCUT2D eigenvalue weighted by molar-refractivity contribution is 0.187. The summed E-state index contributed by atoms with van der Waals surface area (Å²) < 4.78 is 0. The summed E-state index contributed by atoms with van der Waals surface area (Å²) in [5.74, 6) is 0. The number of H-pyrrole nitrogens is 1. The van der Waals surface area contributed by atoms with E-state index in [1.165, 1.54) is 17.5 Å². The van der Waals surface area contributed by atoms with Crippen LogP contribution in [-0.4, -0.2) is 28.5 Å². The summed E-state index contributed by atoms with van der Waals surface area (Å²) in [7, 11) is 0. The third-order valence-electron chi connectivity index (χ3n) is 6.63. The fourth-order valence-corrected chi connectivity index (χ4v) is 4.52. The fraction of sp³-hybridized carbons (Fsp3) is 0.407. The van der Waals surface area contributed by atoms with Crippen molar-refractivity contribution in [1.82, 2.24) is 15.2 Å². The second kappa shape index (κ2) is 10.0. The molecule has 1 fully saturated rings. The molecule has 0 atom stereocenters. The Morgan fingerprint density at radius 1 is 1.03 bits per heavy atom. The topological polar surface area (TPSA) is 65.2 Å². The maximum atomic E-state index is 13.2. The Bertz CT molecular complexity index is 1130. The van der Waals surface area contributed by atoms with Gasteiger partial charge in [-0.1, -0.05) is 49.6 Å². The van der Waals surface area contributed by atoms with Gasteiger partial charge in [0.2, 0.25) is 0 Å². The maximum Gasteiger partial charge on any atom is 0.317 e. The van der Waals surface area contributed by atoms with Crippen molar-refractivity contribution in [3.8, 4) is 0 Å². The summed E-state index contributed by atoms with van der Waals surface area (Å²) in [6.07, 6.45) is 6.40. The number of benzene rings is 2. The second-order valence-corrected chi connectivity index (χ2v) is 9.09. The van der Waals surface area contributed by atoms with Crippen molar-refractivity contribution in [2.45, 2.75) is 65.0 Å². The van der Waals surface area contributed by atoms with E-state index in [4.69, 9.17) is 0 Å². The summed E-state index contributed by atoms with van der Waals surface area (Å²) in [5.41, 5.74) is 4.85. The summed E-state index contributed by atoms with van der Waals surface area (Å²) in [6.45, 7) is 4.97. The summed E-state index contributed by atoms with van der Waals surface area (Å²) in [6, 6.07) is 16.4. The fourth-order valence-electron chi connectivity index (χ4n) is 4.52. The van der Waals surface area contributed by atoms with E-state index in [9.17, 15) is 9.59 Å². The first-order valence-corrected chi connectivity index (χ1v) is 11.7. The number of amides is 2. The lowest BCUT2D eigenvalue weighted by Crippen LogP contribution is -2.46. The molecule has 4 rings (SSSR count). The molecule has 1 saturated carbocycles. The molecular weight excluding hydrogens is 398 g/mol. The first-order valence-electron chi connectivity index (χ1n) is 11.7. The van der Waals surface area contributed by atoms with Crippen LogP contribution in [0, 0.1) is 13.8 Å². The first-order chi connectivity index (χ1) is 15.5. The largest absolute Gasteiger partial charge is 0.335 e. The quantitative estimate of drug-likeness (QED) is 0.561. The zero-order valence-electron chi connectivity index (χ0n) is 19.1. The number of nitrogens with one attached hydrogen (secondary N) is 2. The molecule has 5 heteroatoms. The van der Waals surface area contributed by atoms with Crippen LogP contribution in [0.25, 0.3) is 10.9 Å². The smallest absolute Gasteiger partial charge is 0.317 e. The number of fused-ring (bicyclic) bond motifs is 1. The molecule has 0 unspecified atom stereocenters. The maximum absolute atomic E-state index is 13.2. The van der Waals surface area contributed by atoms with Crippen LogP contribution in [-0.2, 0) is 13.0 Å². The van der Waals surface area contributed by atoms with Gasteiger partial charge < -0.3 is 15.2 Å². The Balaban J connectivity index is 1.56. The normalized spacial score (nSPS) is 14.4. The van der Waals surface area contributed by atoms with Crippen molar-refractivity contribution in [1.29, 1.82) is 0 Å². The van der Waals surface area contributed by atoms with Crippen LogP contribution in [0.4, 0.5) is 4.79 Å². The molecule has 32 heavy (non-hydrogen) atoms. The summed E-state index contributed by atoms with van der Waals surface area (Å²) in [5, 5.41) is 4.22. The standard InChI is InChI=1S/C27H33N3O2/c1-19-15-22-17-23(26(31)29-25(22)16-20(19)2)18-30(14-13-21-9-5-3-6-10-21)27(32)28-24-11-7-4-8-12-24/h3,5-6,9-10,15-17,24H,4,7-8,11-14,18H2,1-2H3,(H,28,32)(H,29,31). The van der Waals surface area contributed by atoms with Crippen LogP contribution >= 0.6 is 0 Å². The minimum Gasteiger partial charge on any atom is -0.335 e. The van der Waals surface area contributed by atoms with E-state index in [0.717, 1.165) is 48.6 Å². The number of aromatic nitrogens is 1. The van der Waals surface area contributed by atoms with Crippen LogP contribution in [0.2, 0.25) is 0 Å². The van der Waals surface area contributed by atoms with Gasteiger partial charge in [-0.05, 0) is 73.4 Å². The molecule has 3 aromatic rings. The molecule has 2 amide bonds. The lowest BCUT2D eigenvalue weighted by Gasteiger charge is -2.28. The Kier molecular flexibility index (Phi) is 6.93. The minimum absolute atomic E-state index is 0.0765. The number of hydrogen-bond donors (Lipinski definition) is 2. The SMILES string of the molecule is Cc1cc2cc(CN(CCc3ccccc3)C(=O)NC3CCCCC3)c(=O)[nH]c2cc1C. The van der Waals surface area contributed by atoms with Crippen molar-refractivity contribution < 1.29 is 4.79 Å². The van der Waals surface area contributed by atoms with Crippen LogP contribution in [0.1, 0.15) is 54.4 Å². The van der Waals surface area contributed by atoms with Gasteiger partial charge in [0.15, 0.2) is 0 Å². The average Bonchev–Trinajstić information content (AvgIpc) is 2.79. The Morgan fingerprint density at radius 2 is 1.75 bits per heavy atom. The molecular formula is C27H33N3O2. The number of pyridine rings is 1. The number of carbonyl (C=O) groups is 1. The van der Waals surface area contributed by atoms with Gasteiger partial charge >= 0.3 is 6.03 Å². The van der Waals surface area contributed by atoms with Crippen LogP contribution in [0.3, 0.4) is 0 Å². The molecule has 0 aliphatic heterocycles. The van der Waals surface area contributed by atoms with Crippen LogP contribution in [0.5, 0.6) is 0 Å². The molecule has 1 aromatic heterocycles. The number of hydrogen-bond acceptors (Lipinski definition) is 2. The monoisotopic (exact) mass is 431 g/mol. The van der Waals surface area contributed by atoms with E-state index < -0.39 is 0 Å². The third kappa shape index (κ3) is 5.39. The summed E-state index contributed by atoms with van der Waals surface area (Å²) >= 11 is 0. The highest BCUT2D eigenvalue weighted by Crippen LogP contribution is 2.19. The highest BCUT2D eigenvalue weighted by atomic mass is 16.2. The molecule has 2 aromatic carbocycles. The van der Waals surface area contributed by atoms with E-state index in [2.05, 4.69) is 35.4 Å². The minimum atomic E-state index is -0.129. The Hall–Kier alpha value is -3.08. The van der Waals surface area contributed by atoms with E-state index >= 15 is 0 Å². The zero-order valence-corrected chi connectivity index (χ0v) is 19.1. The van der Waals surface area contributed by atoms with Gasteiger partial charge in [0.05, 0.1) is 6.54 Å². The molecule has 2 N–H and O–H groups in total. The number of rotatable bonds is 6. The second-order valence-electron chi connectivity index (χ2n) is 9.09. The number of aryl methyl sites for hydroxylation is 2. The number of carbonyl (C=O) groups excluding carboxylic acids is 1. The van der Waals surface area contributed by atoms with E-state index in [1.54, 1.807) is 4.90 Å². The predicted octanol–water partition coefficient (Wildman–Crippen LogP) is 5.23. The average molecular weight is 432 g/mol. The van der Waals surface area contributed by atoms with Crippen LogP contribution < -0.4 is 10.9 Å². The molecule has 0 saturated heterocycles. The molecule has 1 aliphatic rings. The molecule has 168 valence electrons. The van der Waals surface area contributed by atoms with Crippen molar-refractivity contribution in [2.24, 2.45) is 0 Å². The van der Waals surface area contributed by atoms with Gasteiger partial charge in [0.25, 0.3) is 5.56 Å². The molecule has 0 radical (unpaired) electrons. The van der Waals surface area contributed by atoms with E-state index in [1.807, 2.05) is 37.3 Å². The third-order valence-corrected chi connectivity index (χ3v) is 6.63. The van der Waals surface area contributed by atoms with Crippen molar-refractivity contribution in [3.05, 3.63) is 81.1 Å². The molecule has 1 heterocycles. The lowest BCUT2D eigenvalue weighted by atomic mass is 9.96. The number of urea groups is 1. The van der Waals surface area contributed by atoms with Gasteiger partial charge in [-0.2, -0.15) is 0 Å². The van der Waals surface area contributed by atoms with Crippen molar-refractivity contribution >= 4 is 16.9 Å². The number of aromatic amines is 1. The zero-order chi connectivity index (χ0) is 22.5. The van der Waals surface area contributed by atoms with Crippen LogP contribution in [0.15, 0.2) is 53.3 Å². The Labute approximate surface area is 189 Å². The Morgan fingerprint density at radius 3 is 2.50 bits per heavy atom. The predicted molar refractivity (Wildman–Crippen MR) is 130 cm³/mol. The molecule has 5 nitrogen and oxygen atoms in total. The molecule has 0 bridgehead atoms. The summed E-state index contributed by atoms with van der Waals surface area (Å²) in [4.78, 5) is 30.9. The first kappa shape index (κ1) is 22.1. The number of nitrogens with zero attached hydrogens (tertiary/aromatic N) is 1. The van der Waals surface area contributed by atoms with Crippen molar-refractivity contribution in [2.75, 3.05) is 6.54 Å². The highest BCUT2D eigenvalue weighted by Gasteiger charge is 2.21. The highest BCUT2D eigenvalue weighted by molar-refractivity contribution is 5.81. The van der Waals surface area contributed by atoms with Gasteiger partial charge in [-0.3, -0.25) is 4.79 Å². The van der Waals surface area contributed by atoms with Gasteiger partial charge in [0.1, 0.15) is 0 Å². The molecule has 0 spiro atoms. The van der Waals surface area contributed by atoms with Gasteiger partial charge in [-0.15, -0.1) is 0 Å². The molecule has 1 aliphatic carbocycles. The van der Waals surface area contributed by atoms with Gasteiger partial charge in [0, 0.05) is 23.7 Å². The van der Waals surface area contributed by atoms with Gasteiger partial charge in [-0.25, -0.2) is 4.79 Å². The van der Waals surface area contributed by atoms with E-state index in [0.29, 0.717) is 18.7 Å². The van der Waals surface area contributed by atoms with Crippen molar-refractivity contribution in [3.63, 3.8) is 0 Å². The van der Waals surface area contributed by atoms with E-state index in [-0.39, 0.29) is 17.6 Å².